The Balaban J connectivity index is 1.42. The fourth-order valence-electron chi connectivity index (χ4n) is 6.22. The molecule has 38 heavy (non-hydrogen) atoms. The number of halogens is 2. The van der Waals surface area contributed by atoms with E-state index in [1.54, 1.807) is 48.2 Å². The molecule has 5 nitrogen and oxygen atoms in total. The SMILES string of the molecule is Cc1cccc(F)c1C(=O)N1CCCC(C(=O)Nc2cccc(Cl)c2)C1[C@@H]1C=CC(NC2CCCC2)=CC1. The van der Waals surface area contributed by atoms with Gasteiger partial charge in [-0.05, 0) is 74.9 Å². The van der Waals surface area contributed by atoms with E-state index in [1.807, 2.05) is 0 Å². The highest BCUT2D eigenvalue weighted by molar-refractivity contribution is 6.30. The number of anilines is 1. The first kappa shape index (κ1) is 26.5. The van der Waals surface area contributed by atoms with Gasteiger partial charge in [0.05, 0.1) is 17.5 Å². The van der Waals surface area contributed by atoms with Crippen LogP contribution >= 0.6 is 11.6 Å². The number of nitrogens with zero attached hydrogens (tertiary/aromatic N) is 1. The van der Waals surface area contributed by atoms with E-state index in [4.69, 9.17) is 11.6 Å². The molecule has 0 bridgehead atoms. The van der Waals surface area contributed by atoms with Gasteiger partial charge in [-0.25, -0.2) is 4.39 Å². The lowest BCUT2D eigenvalue weighted by Gasteiger charge is -2.44. The molecule has 2 N–H and O–H groups in total. The maximum Gasteiger partial charge on any atom is 0.257 e. The van der Waals surface area contributed by atoms with Crippen molar-refractivity contribution in [2.45, 2.75) is 64.0 Å². The van der Waals surface area contributed by atoms with Gasteiger partial charge in [0.2, 0.25) is 5.91 Å². The van der Waals surface area contributed by atoms with Gasteiger partial charge in [0.15, 0.2) is 0 Å². The number of amides is 2. The Morgan fingerprint density at radius 1 is 1.05 bits per heavy atom. The zero-order chi connectivity index (χ0) is 26.6. The van der Waals surface area contributed by atoms with E-state index < -0.39 is 17.8 Å². The quantitative estimate of drug-likeness (QED) is 0.436. The molecule has 2 aliphatic carbocycles. The molecule has 3 atom stereocenters. The number of carbonyl (C=O) groups excluding carboxylic acids is 2. The van der Waals surface area contributed by atoms with Gasteiger partial charge in [0.1, 0.15) is 5.82 Å². The summed E-state index contributed by atoms with van der Waals surface area (Å²) >= 11 is 6.14. The highest BCUT2D eigenvalue weighted by Gasteiger charge is 2.43. The first-order valence-electron chi connectivity index (χ1n) is 13.7. The number of allylic oxidation sites excluding steroid dienone is 2. The van der Waals surface area contributed by atoms with Crippen LogP contribution in [-0.2, 0) is 4.79 Å². The van der Waals surface area contributed by atoms with Crippen molar-refractivity contribution in [3.8, 4) is 0 Å². The van der Waals surface area contributed by atoms with E-state index in [2.05, 4.69) is 28.9 Å². The summed E-state index contributed by atoms with van der Waals surface area (Å²) in [5.74, 6) is -1.52. The number of likely N-dealkylation sites (tertiary alicyclic amines) is 1. The molecule has 1 saturated heterocycles. The fourth-order valence-corrected chi connectivity index (χ4v) is 6.41. The van der Waals surface area contributed by atoms with Crippen molar-refractivity contribution in [1.82, 2.24) is 10.2 Å². The van der Waals surface area contributed by atoms with Crippen LogP contribution in [0.2, 0.25) is 5.02 Å². The molecule has 2 unspecified atom stereocenters. The second-order valence-electron chi connectivity index (χ2n) is 10.7. The van der Waals surface area contributed by atoms with Crippen LogP contribution in [0.3, 0.4) is 0 Å². The van der Waals surface area contributed by atoms with Crippen LogP contribution < -0.4 is 10.6 Å². The van der Waals surface area contributed by atoms with Crippen molar-refractivity contribution in [3.63, 3.8) is 0 Å². The molecule has 3 aliphatic rings. The second-order valence-corrected chi connectivity index (χ2v) is 11.1. The molecule has 2 aromatic rings. The van der Waals surface area contributed by atoms with E-state index in [9.17, 15) is 14.0 Å². The summed E-state index contributed by atoms with van der Waals surface area (Å²) in [6, 6.07) is 11.9. The maximum absolute atomic E-state index is 14.9. The van der Waals surface area contributed by atoms with Crippen LogP contribution in [0.4, 0.5) is 10.1 Å². The lowest BCUT2D eigenvalue weighted by atomic mass is 9.77. The molecule has 2 fully saturated rings. The van der Waals surface area contributed by atoms with E-state index >= 15 is 0 Å². The van der Waals surface area contributed by atoms with Gasteiger partial charge < -0.3 is 15.5 Å². The molecule has 7 heteroatoms. The summed E-state index contributed by atoms with van der Waals surface area (Å²) in [4.78, 5) is 29.2. The van der Waals surface area contributed by atoms with Gasteiger partial charge in [0, 0.05) is 34.9 Å². The van der Waals surface area contributed by atoms with Crippen molar-refractivity contribution in [2.75, 3.05) is 11.9 Å². The predicted molar refractivity (Wildman–Crippen MR) is 149 cm³/mol. The number of hydrogen-bond donors (Lipinski definition) is 2. The molecule has 1 aliphatic heterocycles. The largest absolute Gasteiger partial charge is 0.383 e. The number of piperidine rings is 1. The highest BCUT2D eigenvalue weighted by Crippen LogP contribution is 2.36. The summed E-state index contributed by atoms with van der Waals surface area (Å²) < 4.78 is 14.9. The number of aryl methyl sites for hydroxylation is 1. The Hall–Kier alpha value is -3.12. The van der Waals surface area contributed by atoms with Gasteiger partial charge in [-0.1, -0.05) is 54.8 Å². The minimum Gasteiger partial charge on any atom is -0.383 e. The van der Waals surface area contributed by atoms with Gasteiger partial charge in [-0.3, -0.25) is 9.59 Å². The molecule has 1 saturated carbocycles. The Kier molecular flexibility index (Phi) is 8.18. The van der Waals surface area contributed by atoms with Gasteiger partial charge >= 0.3 is 0 Å². The van der Waals surface area contributed by atoms with E-state index in [0.717, 1.165) is 5.70 Å². The predicted octanol–water partition coefficient (Wildman–Crippen LogP) is 6.64. The third-order valence-corrected chi connectivity index (χ3v) is 8.34. The van der Waals surface area contributed by atoms with Crippen LogP contribution in [-0.4, -0.2) is 35.3 Å². The molecule has 0 spiro atoms. The third kappa shape index (κ3) is 5.80. The molecular formula is C31H35ClFN3O2. The minimum absolute atomic E-state index is 0.0597. The van der Waals surface area contributed by atoms with Crippen LogP contribution in [0.5, 0.6) is 0 Å². The summed E-state index contributed by atoms with van der Waals surface area (Å²) in [5, 5.41) is 7.19. The number of hydrogen-bond acceptors (Lipinski definition) is 3. The van der Waals surface area contributed by atoms with Crippen molar-refractivity contribution in [3.05, 3.63) is 88.4 Å². The Labute approximate surface area is 229 Å². The van der Waals surface area contributed by atoms with E-state index in [0.29, 0.717) is 48.1 Å². The van der Waals surface area contributed by atoms with Crippen molar-refractivity contribution in [1.29, 1.82) is 0 Å². The highest BCUT2D eigenvalue weighted by atomic mass is 35.5. The number of benzene rings is 2. The second kappa shape index (κ2) is 11.7. The monoisotopic (exact) mass is 535 g/mol. The lowest BCUT2D eigenvalue weighted by Crippen LogP contribution is -2.55. The van der Waals surface area contributed by atoms with Crippen molar-refractivity contribution in [2.24, 2.45) is 11.8 Å². The molecular weight excluding hydrogens is 501 g/mol. The first-order valence-corrected chi connectivity index (χ1v) is 14.1. The molecule has 0 aromatic heterocycles. The maximum atomic E-state index is 14.9. The van der Waals surface area contributed by atoms with Crippen LogP contribution in [0.15, 0.2) is 66.4 Å². The Bertz CT molecular complexity index is 1230. The fraction of sp³-hybridized carbons (Fsp3) is 0.419. The van der Waals surface area contributed by atoms with Crippen LogP contribution in [0.1, 0.15) is 60.9 Å². The zero-order valence-corrected chi connectivity index (χ0v) is 22.5. The molecule has 2 aromatic carbocycles. The topological polar surface area (TPSA) is 61.4 Å². The normalized spacial score (nSPS) is 23.7. The van der Waals surface area contributed by atoms with Gasteiger partial charge in [-0.15, -0.1) is 0 Å². The third-order valence-electron chi connectivity index (χ3n) is 8.11. The summed E-state index contributed by atoms with van der Waals surface area (Å²) in [5.41, 5.74) is 2.41. The van der Waals surface area contributed by atoms with Crippen molar-refractivity contribution >= 4 is 29.1 Å². The molecule has 5 rings (SSSR count). The van der Waals surface area contributed by atoms with Gasteiger partial charge in [-0.2, -0.15) is 0 Å². The standard InChI is InChI=1S/C31H35ClFN3O2/c1-20-7-4-13-27(33)28(20)31(38)36-18-6-12-26(30(37)35-25-11-5-8-22(32)19-25)29(36)21-14-16-24(17-15-21)34-23-9-2-3-10-23/h4-5,7-8,11,13-14,16-17,19,21,23,26,29,34H,2-3,6,9-10,12,15,18H2,1H3,(H,35,37)/t21-,26?,29?/m1/s1. The summed E-state index contributed by atoms with van der Waals surface area (Å²) in [7, 11) is 0. The number of rotatable bonds is 6. The van der Waals surface area contributed by atoms with E-state index in [1.165, 1.54) is 31.7 Å². The summed E-state index contributed by atoms with van der Waals surface area (Å²) in [6.07, 6.45) is 13.3. The lowest BCUT2D eigenvalue weighted by molar-refractivity contribution is -0.123. The van der Waals surface area contributed by atoms with Crippen LogP contribution in [0, 0.1) is 24.6 Å². The number of nitrogens with one attached hydrogen (secondary N) is 2. The Morgan fingerprint density at radius 2 is 1.84 bits per heavy atom. The Morgan fingerprint density at radius 3 is 2.55 bits per heavy atom. The molecule has 0 radical (unpaired) electrons. The average molecular weight is 536 g/mol. The van der Waals surface area contributed by atoms with Crippen LogP contribution in [0.25, 0.3) is 0 Å². The first-order chi connectivity index (χ1) is 18.4. The average Bonchev–Trinajstić information content (AvgIpc) is 3.42. The zero-order valence-electron chi connectivity index (χ0n) is 21.8. The number of carbonyl (C=O) groups is 2. The molecule has 1 heterocycles. The minimum atomic E-state index is -0.526. The van der Waals surface area contributed by atoms with Crippen molar-refractivity contribution < 1.29 is 14.0 Å². The molecule has 200 valence electrons. The van der Waals surface area contributed by atoms with E-state index in [-0.39, 0.29) is 23.3 Å². The molecule has 2 amide bonds. The smallest absolute Gasteiger partial charge is 0.257 e. The summed E-state index contributed by atoms with van der Waals surface area (Å²) in [6.45, 7) is 2.24. The van der Waals surface area contributed by atoms with Gasteiger partial charge in [0.25, 0.3) is 5.91 Å².